The van der Waals surface area contributed by atoms with E-state index < -0.39 is 34.1 Å². The Labute approximate surface area is 174 Å². The molecule has 1 N–H and O–H groups in total. The molecule has 0 aliphatic carbocycles. The standard InChI is InChI=1S/C15H24B5F3O5S/c16-1-7-8(2-17)10(4-19)13(11(5-20)9(7)3-18)14(24)28-12(15(21,22)23)6-29(25,26)27/h12H,1-6,16-20H2,(H,25,26,27). The van der Waals surface area contributed by atoms with Gasteiger partial charge in [0.25, 0.3) is 10.1 Å². The van der Waals surface area contributed by atoms with Gasteiger partial charge in [-0.15, -0.1) is 0 Å². The molecule has 1 aromatic carbocycles. The molecule has 0 aliphatic heterocycles. The van der Waals surface area contributed by atoms with Crippen molar-refractivity contribution in [3.63, 3.8) is 0 Å². The second-order valence-corrected chi connectivity index (χ2v) is 8.22. The number of carbonyl (C=O) groups excluding carboxylic acids is 1. The molecular formula is C15H24B5F3O5S. The summed E-state index contributed by atoms with van der Waals surface area (Å²) >= 11 is 0. The van der Waals surface area contributed by atoms with E-state index in [1.807, 2.05) is 39.2 Å². The predicted molar refractivity (Wildman–Crippen MR) is 119 cm³/mol. The maximum absolute atomic E-state index is 13.2. The fourth-order valence-electron chi connectivity index (χ4n) is 3.91. The van der Waals surface area contributed by atoms with Gasteiger partial charge < -0.3 is 4.74 Å². The van der Waals surface area contributed by atoms with Gasteiger partial charge in [-0.1, -0.05) is 37.2 Å². The topological polar surface area (TPSA) is 80.7 Å². The molecule has 0 saturated carbocycles. The summed E-state index contributed by atoms with van der Waals surface area (Å²) < 4.78 is 75.2. The number of halogens is 3. The van der Waals surface area contributed by atoms with Crippen molar-refractivity contribution in [1.29, 1.82) is 0 Å². The van der Waals surface area contributed by atoms with E-state index >= 15 is 0 Å². The van der Waals surface area contributed by atoms with E-state index in [4.69, 9.17) is 4.55 Å². The Kier molecular flexibility index (Phi) is 9.01. The zero-order valence-corrected chi connectivity index (χ0v) is 18.3. The normalized spacial score (nSPS) is 13.2. The molecule has 1 rings (SSSR count). The van der Waals surface area contributed by atoms with Crippen LogP contribution in [0.3, 0.4) is 0 Å². The van der Waals surface area contributed by atoms with E-state index in [0.717, 1.165) is 23.0 Å². The molecule has 1 atom stereocenters. The molecule has 0 amide bonds. The third kappa shape index (κ3) is 6.10. The van der Waals surface area contributed by atoms with Gasteiger partial charge in [-0.25, -0.2) is 4.79 Å². The van der Waals surface area contributed by atoms with Crippen molar-refractivity contribution in [3.05, 3.63) is 33.4 Å². The summed E-state index contributed by atoms with van der Waals surface area (Å²) in [6, 6.07) is 0. The fourth-order valence-corrected chi connectivity index (χ4v) is 4.55. The van der Waals surface area contributed by atoms with Gasteiger partial charge in [0.1, 0.15) is 45.0 Å². The van der Waals surface area contributed by atoms with Crippen molar-refractivity contribution in [2.45, 2.75) is 43.9 Å². The summed E-state index contributed by atoms with van der Waals surface area (Å²) in [5.41, 5.74) is 4.31. The van der Waals surface area contributed by atoms with E-state index in [0.29, 0.717) is 36.4 Å². The summed E-state index contributed by atoms with van der Waals surface area (Å²) in [6.07, 6.45) is -5.28. The Morgan fingerprint density at radius 1 is 0.862 bits per heavy atom. The van der Waals surface area contributed by atoms with Crippen LogP contribution in [0.25, 0.3) is 0 Å². The molecule has 1 aromatic rings. The van der Waals surface area contributed by atoms with Crippen LogP contribution in [0.5, 0.6) is 0 Å². The molecular weight excluding hydrogens is 403 g/mol. The van der Waals surface area contributed by atoms with Crippen molar-refractivity contribution < 1.29 is 35.7 Å². The number of hydrogen-bond acceptors (Lipinski definition) is 4. The smallest absolute Gasteiger partial charge is 0.426 e. The quantitative estimate of drug-likeness (QED) is 0.264. The molecule has 156 valence electrons. The Balaban J connectivity index is 3.68. The summed E-state index contributed by atoms with van der Waals surface area (Å²) in [5.74, 6) is -2.95. The first-order valence-corrected chi connectivity index (χ1v) is 11.4. The summed E-state index contributed by atoms with van der Waals surface area (Å²) in [4.78, 5) is 12.9. The van der Waals surface area contributed by atoms with Crippen molar-refractivity contribution >= 4 is 55.3 Å². The molecule has 0 aliphatic rings. The van der Waals surface area contributed by atoms with Gasteiger partial charge in [-0.2, -0.15) is 21.6 Å². The fraction of sp³-hybridized carbons (Fsp3) is 0.533. The maximum atomic E-state index is 13.2. The lowest BCUT2D eigenvalue weighted by atomic mass is 9.70. The number of ether oxygens (including phenoxy) is 1. The molecule has 14 heteroatoms. The van der Waals surface area contributed by atoms with Gasteiger partial charge in [0.15, 0.2) is 0 Å². The molecule has 5 nitrogen and oxygen atoms in total. The Hall–Kier alpha value is -1.29. The van der Waals surface area contributed by atoms with Crippen molar-refractivity contribution in [2.24, 2.45) is 0 Å². The van der Waals surface area contributed by atoms with Crippen LogP contribution >= 0.6 is 0 Å². The zero-order valence-electron chi connectivity index (χ0n) is 17.4. The van der Waals surface area contributed by atoms with Gasteiger partial charge in [-0.3, -0.25) is 4.55 Å². The number of benzene rings is 1. The second kappa shape index (κ2) is 10.2. The largest absolute Gasteiger partial charge is 0.448 e. The highest BCUT2D eigenvalue weighted by Crippen LogP contribution is 2.32. The van der Waals surface area contributed by atoms with Gasteiger partial charge in [-0.05, 0) is 22.3 Å². The average Bonchev–Trinajstić information content (AvgIpc) is 2.62. The number of alkyl halides is 3. The van der Waals surface area contributed by atoms with Gasteiger partial charge in [0, 0.05) is 0 Å². The van der Waals surface area contributed by atoms with Crippen LogP contribution in [-0.2, 0) is 46.5 Å². The Bertz CT molecular complexity index is 828. The zero-order chi connectivity index (χ0) is 22.6. The predicted octanol–water partition coefficient (Wildman–Crippen LogP) is -2.67. The number of esters is 1. The van der Waals surface area contributed by atoms with Crippen molar-refractivity contribution in [3.8, 4) is 0 Å². The first-order valence-electron chi connectivity index (χ1n) is 9.77. The van der Waals surface area contributed by atoms with Crippen LogP contribution in [0.2, 0.25) is 0 Å². The van der Waals surface area contributed by atoms with E-state index in [1.54, 1.807) is 0 Å². The summed E-state index contributed by atoms with van der Waals surface area (Å²) in [6.45, 7) is 0. The monoisotopic (exact) mass is 428 g/mol. The lowest BCUT2D eigenvalue weighted by Crippen LogP contribution is -2.40. The van der Waals surface area contributed by atoms with E-state index in [2.05, 4.69) is 4.74 Å². The molecule has 0 saturated heterocycles. The van der Waals surface area contributed by atoms with Crippen molar-refractivity contribution in [1.82, 2.24) is 0 Å². The van der Waals surface area contributed by atoms with Crippen LogP contribution in [0.4, 0.5) is 13.2 Å². The molecule has 29 heavy (non-hydrogen) atoms. The minimum atomic E-state index is -5.13. The number of carbonyl (C=O) groups is 1. The molecule has 0 aromatic heterocycles. The SMILES string of the molecule is BCc1c(CB)c(CB)c(C(=O)OC(CS(=O)(=O)O)C(F)(F)F)c(CB)c1CB. The molecule has 0 spiro atoms. The first-order chi connectivity index (χ1) is 13.4. The van der Waals surface area contributed by atoms with Gasteiger partial charge in [0.05, 0.1) is 5.56 Å². The molecule has 0 bridgehead atoms. The molecule has 0 radical (unpaired) electrons. The first kappa shape index (κ1) is 25.8. The van der Waals surface area contributed by atoms with Crippen LogP contribution in [0, 0.1) is 0 Å². The van der Waals surface area contributed by atoms with E-state index in [1.165, 1.54) is 0 Å². The van der Waals surface area contributed by atoms with Crippen LogP contribution in [0.1, 0.15) is 38.2 Å². The minimum Gasteiger partial charge on any atom is -0.448 e. The highest BCUT2D eigenvalue weighted by Gasteiger charge is 2.46. The van der Waals surface area contributed by atoms with E-state index in [9.17, 15) is 26.4 Å². The maximum Gasteiger partial charge on any atom is 0.426 e. The van der Waals surface area contributed by atoms with Crippen LogP contribution in [-0.4, -0.2) is 76.2 Å². The third-order valence-corrected chi connectivity index (χ3v) is 5.73. The average molecular weight is 427 g/mol. The molecule has 1 unspecified atom stereocenters. The summed E-state index contributed by atoms with van der Waals surface area (Å²) in [7, 11) is 4.47. The minimum absolute atomic E-state index is 0.0884. The van der Waals surface area contributed by atoms with Crippen LogP contribution < -0.4 is 0 Å². The third-order valence-electron chi connectivity index (χ3n) is 5.01. The lowest BCUT2D eigenvalue weighted by Gasteiger charge is -2.26. The van der Waals surface area contributed by atoms with Crippen molar-refractivity contribution in [2.75, 3.05) is 5.75 Å². The number of rotatable bonds is 9. The highest BCUT2D eigenvalue weighted by molar-refractivity contribution is 7.85. The lowest BCUT2D eigenvalue weighted by molar-refractivity contribution is -0.197. The Morgan fingerprint density at radius 2 is 1.21 bits per heavy atom. The molecule has 0 fully saturated rings. The molecule has 0 heterocycles. The van der Waals surface area contributed by atoms with E-state index in [-0.39, 0.29) is 5.56 Å². The Morgan fingerprint density at radius 3 is 1.48 bits per heavy atom. The van der Waals surface area contributed by atoms with Crippen LogP contribution in [0.15, 0.2) is 0 Å². The second-order valence-electron chi connectivity index (χ2n) is 6.72. The van der Waals surface area contributed by atoms with Gasteiger partial charge >= 0.3 is 12.1 Å². The highest BCUT2D eigenvalue weighted by atomic mass is 32.2. The number of hydrogen-bond donors (Lipinski definition) is 1. The summed E-state index contributed by atoms with van der Waals surface area (Å²) in [5, 5.41) is 0. The van der Waals surface area contributed by atoms with Gasteiger partial charge in [0.2, 0.25) is 6.10 Å².